The van der Waals surface area contributed by atoms with Gasteiger partial charge < -0.3 is 10.1 Å². The number of aromatic amines is 1. The number of rotatable bonds is 8. The summed E-state index contributed by atoms with van der Waals surface area (Å²) in [5.41, 5.74) is 4.25. The minimum atomic E-state index is -0.0858. The van der Waals surface area contributed by atoms with E-state index in [2.05, 4.69) is 27.4 Å². The molecule has 0 bridgehead atoms. The molecule has 7 heteroatoms. The van der Waals surface area contributed by atoms with Crippen LogP contribution in [0.2, 0.25) is 0 Å². The van der Waals surface area contributed by atoms with Crippen LogP contribution in [-0.2, 0) is 17.8 Å². The number of H-pyrrole nitrogens is 1. The van der Waals surface area contributed by atoms with Gasteiger partial charge in [0.2, 0.25) is 11.1 Å². The smallest absolute Gasteiger partial charge is 0.234 e. The molecule has 3 aromatic rings. The number of aryl methyl sites for hydroxylation is 3. The molecular weight excluding hydrogens is 372 g/mol. The molecule has 1 amide bonds. The lowest BCUT2D eigenvalue weighted by molar-refractivity contribution is -0.113. The number of hydrogen-bond donors (Lipinski definition) is 2. The van der Waals surface area contributed by atoms with Crippen LogP contribution in [0.3, 0.4) is 0 Å². The molecule has 0 aliphatic heterocycles. The highest BCUT2D eigenvalue weighted by Crippen LogP contribution is 2.19. The van der Waals surface area contributed by atoms with Gasteiger partial charge >= 0.3 is 0 Å². The average Bonchev–Trinajstić information content (AvgIpc) is 3.16. The van der Waals surface area contributed by atoms with Crippen molar-refractivity contribution in [3.63, 3.8) is 0 Å². The maximum atomic E-state index is 12.2. The SMILES string of the molecule is CCc1ccc(OCc2nc(SCC(=O)Nc3cc(C)ccc3C)n[nH]2)cc1. The predicted octanol–water partition coefficient (Wildman–Crippen LogP) is 4.29. The van der Waals surface area contributed by atoms with E-state index in [0.717, 1.165) is 29.0 Å². The van der Waals surface area contributed by atoms with Gasteiger partial charge in [0.1, 0.15) is 12.4 Å². The fourth-order valence-corrected chi connectivity index (χ4v) is 3.18. The molecule has 146 valence electrons. The van der Waals surface area contributed by atoms with E-state index in [1.165, 1.54) is 17.3 Å². The number of aromatic nitrogens is 3. The van der Waals surface area contributed by atoms with Crippen molar-refractivity contribution in [3.05, 3.63) is 65.0 Å². The number of carbonyl (C=O) groups excluding carboxylic acids is 1. The highest BCUT2D eigenvalue weighted by atomic mass is 32.2. The van der Waals surface area contributed by atoms with Crippen molar-refractivity contribution in [1.82, 2.24) is 15.2 Å². The van der Waals surface area contributed by atoms with Crippen molar-refractivity contribution in [1.29, 1.82) is 0 Å². The zero-order chi connectivity index (χ0) is 19.9. The fraction of sp³-hybridized carbons (Fsp3) is 0.286. The third-order valence-corrected chi connectivity index (χ3v) is 5.07. The Hall–Kier alpha value is -2.80. The molecule has 0 spiro atoms. The van der Waals surface area contributed by atoms with Gasteiger partial charge in [0.25, 0.3) is 0 Å². The third-order valence-electron chi connectivity index (χ3n) is 4.22. The van der Waals surface area contributed by atoms with Crippen LogP contribution in [-0.4, -0.2) is 26.8 Å². The van der Waals surface area contributed by atoms with E-state index in [0.29, 0.717) is 17.6 Å². The molecule has 0 saturated carbocycles. The first-order chi connectivity index (χ1) is 13.5. The summed E-state index contributed by atoms with van der Waals surface area (Å²) in [6, 6.07) is 14.0. The van der Waals surface area contributed by atoms with E-state index in [1.807, 2.05) is 56.3 Å². The number of thioether (sulfide) groups is 1. The monoisotopic (exact) mass is 396 g/mol. The number of benzene rings is 2. The Kier molecular flexibility index (Phi) is 6.71. The molecule has 0 atom stereocenters. The Morgan fingerprint density at radius 3 is 2.71 bits per heavy atom. The first kappa shape index (κ1) is 19.9. The fourth-order valence-electron chi connectivity index (χ4n) is 2.57. The van der Waals surface area contributed by atoms with Crippen molar-refractivity contribution < 1.29 is 9.53 Å². The molecule has 3 rings (SSSR count). The van der Waals surface area contributed by atoms with E-state index < -0.39 is 0 Å². The summed E-state index contributed by atoms with van der Waals surface area (Å²) < 4.78 is 5.71. The normalized spacial score (nSPS) is 10.7. The summed E-state index contributed by atoms with van der Waals surface area (Å²) in [6.45, 7) is 6.39. The summed E-state index contributed by atoms with van der Waals surface area (Å²) in [5.74, 6) is 1.56. The first-order valence-corrected chi connectivity index (χ1v) is 10.1. The van der Waals surface area contributed by atoms with Gasteiger partial charge in [-0.1, -0.05) is 43.0 Å². The number of ether oxygens (including phenoxy) is 1. The average molecular weight is 397 g/mol. The summed E-state index contributed by atoms with van der Waals surface area (Å²) in [7, 11) is 0. The number of nitrogens with zero attached hydrogens (tertiary/aromatic N) is 2. The number of nitrogens with one attached hydrogen (secondary N) is 2. The van der Waals surface area contributed by atoms with Crippen molar-refractivity contribution in [2.24, 2.45) is 0 Å². The van der Waals surface area contributed by atoms with E-state index in [9.17, 15) is 4.79 Å². The third kappa shape index (κ3) is 5.60. The summed E-state index contributed by atoms with van der Waals surface area (Å²) in [4.78, 5) is 16.6. The van der Waals surface area contributed by atoms with E-state index >= 15 is 0 Å². The number of carbonyl (C=O) groups is 1. The maximum Gasteiger partial charge on any atom is 0.234 e. The molecule has 2 N–H and O–H groups in total. The number of anilines is 1. The quantitative estimate of drug-likeness (QED) is 0.555. The summed E-state index contributed by atoms with van der Waals surface area (Å²) in [6.07, 6.45) is 1.000. The maximum absolute atomic E-state index is 12.2. The minimum absolute atomic E-state index is 0.0858. The standard InChI is InChI=1S/C21H24N4O2S/c1-4-16-7-9-17(10-8-16)27-12-19-23-21(25-24-19)28-13-20(26)22-18-11-14(2)5-6-15(18)3/h5-11H,4,12-13H2,1-3H3,(H,22,26)(H,23,24,25). The van der Waals surface area contributed by atoms with Gasteiger partial charge in [-0.3, -0.25) is 9.89 Å². The summed E-state index contributed by atoms with van der Waals surface area (Å²) in [5, 5.41) is 10.4. The van der Waals surface area contributed by atoms with Crippen LogP contribution in [0.4, 0.5) is 5.69 Å². The zero-order valence-electron chi connectivity index (χ0n) is 16.3. The predicted molar refractivity (Wildman–Crippen MR) is 112 cm³/mol. The molecule has 1 heterocycles. The molecule has 0 fully saturated rings. The van der Waals surface area contributed by atoms with Gasteiger partial charge in [0.15, 0.2) is 5.82 Å². The second-order valence-electron chi connectivity index (χ2n) is 6.51. The van der Waals surface area contributed by atoms with Crippen LogP contribution in [0, 0.1) is 13.8 Å². The van der Waals surface area contributed by atoms with E-state index in [4.69, 9.17) is 4.74 Å². The molecule has 28 heavy (non-hydrogen) atoms. The molecule has 2 aromatic carbocycles. The number of amides is 1. The van der Waals surface area contributed by atoms with E-state index in [1.54, 1.807) is 0 Å². The van der Waals surface area contributed by atoms with Crippen LogP contribution >= 0.6 is 11.8 Å². The molecular formula is C21H24N4O2S. The Morgan fingerprint density at radius 2 is 1.96 bits per heavy atom. The molecule has 0 saturated heterocycles. The van der Waals surface area contributed by atoms with Crippen LogP contribution in [0.25, 0.3) is 0 Å². The highest BCUT2D eigenvalue weighted by molar-refractivity contribution is 7.99. The topological polar surface area (TPSA) is 79.9 Å². The van der Waals surface area contributed by atoms with Gasteiger partial charge in [0.05, 0.1) is 5.75 Å². The van der Waals surface area contributed by atoms with Gasteiger partial charge in [-0.05, 0) is 55.2 Å². The zero-order valence-corrected chi connectivity index (χ0v) is 17.1. The lowest BCUT2D eigenvalue weighted by Gasteiger charge is -2.08. The minimum Gasteiger partial charge on any atom is -0.486 e. The largest absolute Gasteiger partial charge is 0.486 e. The second kappa shape index (κ2) is 9.41. The first-order valence-electron chi connectivity index (χ1n) is 9.16. The van der Waals surface area contributed by atoms with Crippen molar-refractivity contribution in [2.45, 2.75) is 39.0 Å². The molecule has 6 nitrogen and oxygen atoms in total. The lowest BCUT2D eigenvalue weighted by atomic mass is 10.1. The number of hydrogen-bond acceptors (Lipinski definition) is 5. The second-order valence-corrected chi connectivity index (χ2v) is 7.45. The van der Waals surface area contributed by atoms with Crippen molar-refractivity contribution in [3.8, 4) is 5.75 Å². The molecule has 1 aromatic heterocycles. The molecule has 0 unspecified atom stereocenters. The molecule has 0 radical (unpaired) electrons. The Morgan fingerprint density at radius 1 is 1.18 bits per heavy atom. The van der Waals surface area contributed by atoms with Crippen LogP contribution < -0.4 is 10.1 Å². The Balaban J connectivity index is 1.47. The Bertz CT molecular complexity index is 938. The van der Waals surface area contributed by atoms with Gasteiger partial charge in [-0.25, -0.2) is 4.98 Å². The van der Waals surface area contributed by atoms with Crippen LogP contribution in [0.1, 0.15) is 29.4 Å². The van der Waals surface area contributed by atoms with Gasteiger partial charge in [-0.15, -0.1) is 5.10 Å². The molecule has 0 aliphatic carbocycles. The lowest BCUT2D eigenvalue weighted by Crippen LogP contribution is -2.15. The van der Waals surface area contributed by atoms with Gasteiger partial charge in [0, 0.05) is 5.69 Å². The Labute approximate surface area is 169 Å². The van der Waals surface area contributed by atoms with Crippen molar-refractivity contribution >= 4 is 23.4 Å². The van der Waals surface area contributed by atoms with Crippen LogP contribution in [0.15, 0.2) is 47.6 Å². The highest BCUT2D eigenvalue weighted by Gasteiger charge is 2.10. The van der Waals surface area contributed by atoms with Crippen LogP contribution in [0.5, 0.6) is 5.75 Å². The molecule has 0 aliphatic rings. The summed E-state index contributed by atoms with van der Waals surface area (Å²) >= 11 is 1.28. The van der Waals surface area contributed by atoms with E-state index in [-0.39, 0.29) is 11.7 Å². The van der Waals surface area contributed by atoms with Gasteiger partial charge in [-0.2, -0.15) is 0 Å². The van der Waals surface area contributed by atoms with Crippen molar-refractivity contribution in [2.75, 3.05) is 11.1 Å².